The number of hydrogen-bond donors (Lipinski definition) is 1. The molecule has 0 spiro atoms. The fourth-order valence-corrected chi connectivity index (χ4v) is 1.34. The van der Waals surface area contributed by atoms with Crippen molar-refractivity contribution in [3.8, 4) is 5.75 Å². The highest BCUT2D eigenvalue weighted by Crippen LogP contribution is 2.24. The van der Waals surface area contributed by atoms with Crippen molar-refractivity contribution >= 4 is 23.6 Å². The third kappa shape index (κ3) is 4.78. The van der Waals surface area contributed by atoms with E-state index < -0.39 is 12.6 Å². The summed E-state index contributed by atoms with van der Waals surface area (Å²) < 4.78 is 5.10. The molecule has 1 aromatic rings. The molecule has 94 valence electrons. The van der Waals surface area contributed by atoms with Crippen LogP contribution in [0.5, 0.6) is 5.75 Å². The normalized spacial score (nSPS) is 10.1. The first kappa shape index (κ1) is 13.9. The molecular weight excluding hydrogens is 258 g/mol. The van der Waals surface area contributed by atoms with Crippen LogP contribution < -0.4 is 4.74 Å². The van der Waals surface area contributed by atoms with Crippen LogP contribution in [0.4, 0.5) is 0 Å². The van der Waals surface area contributed by atoms with Gasteiger partial charge in [0, 0.05) is 22.0 Å². The second kappa shape index (κ2) is 7.21. The van der Waals surface area contributed by atoms with Crippen molar-refractivity contribution < 1.29 is 14.6 Å². The van der Waals surface area contributed by atoms with Gasteiger partial charge in [-0.2, -0.15) is 0 Å². The summed E-state index contributed by atoms with van der Waals surface area (Å²) in [5.41, 5.74) is 8.78. The number of rotatable bonds is 6. The maximum absolute atomic E-state index is 10.4. The number of ether oxygens (including phenoxy) is 1. The van der Waals surface area contributed by atoms with Gasteiger partial charge in [0.05, 0.1) is 0 Å². The van der Waals surface area contributed by atoms with Crippen LogP contribution in [0.2, 0.25) is 5.02 Å². The van der Waals surface area contributed by atoms with Crippen molar-refractivity contribution in [3.05, 3.63) is 45.3 Å². The molecule has 7 heteroatoms. The van der Waals surface area contributed by atoms with Gasteiger partial charge < -0.3 is 9.84 Å². The van der Waals surface area contributed by atoms with E-state index in [0.717, 1.165) is 0 Å². The van der Waals surface area contributed by atoms with Crippen molar-refractivity contribution in [2.75, 3.05) is 13.2 Å². The molecule has 0 saturated carbocycles. The average molecular weight is 268 g/mol. The van der Waals surface area contributed by atoms with Gasteiger partial charge >= 0.3 is 5.97 Å². The van der Waals surface area contributed by atoms with E-state index in [1.165, 1.54) is 6.07 Å². The van der Waals surface area contributed by atoms with Gasteiger partial charge in [0.15, 0.2) is 6.61 Å². The standard InChI is InChI=1S/C11H10ClN3O3/c12-9-4-3-8(2-1-5-14-15-13)10(6-9)18-7-11(16)17/h1-4,6H,5,7H2,(H,16,17). The van der Waals surface area contributed by atoms with E-state index >= 15 is 0 Å². The highest BCUT2D eigenvalue weighted by molar-refractivity contribution is 6.30. The summed E-state index contributed by atoms with van der Waals surface area (Å²) in [6, 6.07) is 4.87. The summed E-state index contributed by atoms with van der Waals surface area (Å²) in [5, 5.41) is 12.3. The summed E-state index contributed by atoms with van der Waals surface area (Å²) in [5.74, 6) is -0.707. The molecule has 1 rings (SSSR count). The number of carboxylic acid groups (broad SMARTS) is 1. The summed E-state index contributed by atoms with van der Waals surface area (Å²) in [6.45, 7) is -0.241. The Morgan fingerprint density at radius 3 is 3.06 bits per heavy atom. The van der Waals surface area contributed by atoms with Crippen LogP contribution in [0.15, 0.2) is 29.4 Å². The SMILES string of the molecule is [N-]=[N+]=NCC=Cc1ccc(Cl)cc1OCC(=O)O. The van der Waals surface area contributed by atoms with E-state index in [-0.39, 0.29) is 6.54 Å². The second-order valence-electron chi connectivity index (χ2n) is 3.18. The minimum absolute atomic E-state index is 0.206. The minimum atomic E-state index is -1.07. The van der Waals surface area contributed by atoms with E-state index in [1.54, 1.807) is 24.3 Å². The molecule has 0 aliphatic heterocycles. The number of carbonyl (C=O) groups is 1. The summed E-state index contributed by atoms with van der Waals surface area (Å²) >= 11 is 5.80. The predicted molar refractivity (Wildman–Crippen MR) is 67.6 cm³/mol. The molecule has 0 unspecified atom stereocenters. The highest BCUT2D eigenvalue weighted by Gasteiger charge is 2.04. The van der Waals surface area contributed by atoms with E-state index in [0.29, 0.717) is 16.3 Å². The van der Waals surface area contributed by atoms with Crippen LogP contribution in [0.1, 0.15) is 5.56 Å². The molecule has 1 N–H and O–H groups in total. The van der Waals surface area contributed by atoms with Crippen LogP contribution in [-0.4, -0.2) is 24.2 Å². The smallest absolute Gasteiger partial charge is 0.341 e. The monoisotopic (exact) mass is 267 g/mol. The molecular formula is C11H10ClN3O3. The zero-order chi connectivity index (χ0) is 13.4. The van der Waals surface area contributed by atoms with Crippen LogP contribution >= 0.6 is 11.6 Å². The van der Waals surface area contributed by atoms with Crippen LogP contribution in [0.25, 0.3) is 16.5 Å². The van der Waals surface area contributed by atoms with Crippen molar-refractivity contribution in [1.82, 2.24) is 0 Å². The lowest BCUT2D eigenvalue weighted by Crippen LogP contribution is -2.10. The third-order valence-corrected chi connectivity index (χ3v) is 2.11. The number of hydrogen-bond acceptors (Lipinski definition) is 3. The molecule has 0 saturated heterocycles. The van der Waals surface area contributed by atoms with Crippen molar-refractivity contribution in [2.24, 2.45) is 5.11 Å². The second-order valence-corrected chi connectivity index (χ2v) is 3.62. The number of benzene rings is 1. The number of nitrogens with zero attached hydrogens (tertiary/aromatic N) is 3. The highest BCUT2D eigenvalue weighted by atomic mass is 35.5. The Labute approximate surface area is 108 Å². The number of aliphatic carboxylic acids is 1. The Hall–Kier alpha value is -2.17. The summed E-state index contributed by atoms with van der Waals surface area (Å²) in [7, 11) is 0. The quantitative estimate of drug-likeness (QED) is 0.487. The lowest BCUT2D eigenvalue weighted by molar-refractivity contribution is -0.139. The molecule has 18 heavy (non-hydrogen) atoms. The lowest BCUT2D eigenvalue weighted by atomic mass is 10.2. The van der Waals surface area contributed by atoms with Gasteiger partial charge in [0.25, 0.3) is 0 Å². The predicted octanol–water partition coefficient (Wildman–Crippen LogP) is 3.13. The zero-order valence-electron chi connectivity index (χ0n) is 9.28. The minimum Gasteiger partial charge on any atom is -0.481 e. The first-order valence-electron chi connectivity index (χ1n) is 4.95. The first-order chi connectivity index (χ1) is 8.63. The molecule has 0 radical (unpaired) electrons. The van der Waals surface area contributed by atoms with Gasteiger partial charge in [0.2, 0.25) is 0 Å². The fraction of sp³-hybridized carbons (Fsp3) is 0.182. The van der Waals surface area contributed by atoms with E-state index in [2.05, 4.69) is 10.0 Å². The Morgan fingerprint density at radius 2 is 2.39 bits per heavy atom. The maximum Gasteiger partial charge on any atom is 0.341 e. The molecule has 0 fully saturated rings. The van der Waals surface area contributed by atoms with Crippen molar-refractivity contribution in [3.63, 3.8) is 0 Å². The van der Waals surface area contributed by atoms with Crippen molar-refractivity contribution in [2.45, 2.75) is 0 Å². The lowest BCUT2D eigenvalue weighted by Gasteiger charge is -2.07. The third-order valence-electron chi connectivity index (χ3n) is 1.87. The van der Waals surface area contributed by atoms with Gasteiger partial charge in [-0.3, -0.25) is 0 Å². The fourth-order valence-electron chi connectivity index (χ4n) is 1.17. The summed E-state index contributed by atoms with van der Waals surface area (Å²) in [6.07, 6.45) is 3.30. The number of halogens is 1. The van der Waals surface area contributed by atoms with Gasteiger partial charge in [-0.15, -0.1) is 0 Å². The zero-order valence-corrected chi connectivity index (χ0v) is 10.0. The van der Waals surface area contributed by atoms with Crippen molar-refractivity contribution in [1.29, 1.82) is 0 Å². The molecule has 6 nitrogen and oxygen atoms in total. The van der Waals surface area contributed by atoms with Crippen LogP contribution in [0, 0.1) is 0 Å². The number of azide groups is 1. The Kier molecular flexibility index (Phi) is 5.57. The Bertz CT molecular complexity index is 510. The van der Waals surface area contributed by atoms with Crippen LogP contribution in [0.3, 0.4) is 0 Å². The maximum atomic E-state index is 10.4. The molecule has 0 aromatic heterocycles. The first-order valence-corrected chi connectivity index (χ1v) is 5.33. The van der Waals surface area contributed by atoms with E-state index in [4.69, 9.17) is 27.0 Å². The van der Waals surface area contributed by atoms with Gasteiger partial charge in [-0.25, -0.2) is 4.79 Å². The van der Waals surface area contributed by atoms with Gasteiger partial charge in [-0.05, 0) is 23.7 Å². The molecule has 0 aliphatic carbocycles. The Balaban J connectivity index is 2.84. The number of carboxylic acids is 1. The largest absolute Gasteiger partial charge is 0.481 e. The molecule has 0 bridgehead atoms. The van der Waals surface area contributed by atoms with Crippen LogP contribution in [-0.2, 0) is 4.79 Å². The molecule has 0 aliphatic rings. The molecule has 0 amide bonds. The average Bonchev–Trinajstić information content (AvgIpc) is 2.34. The molecule has 0 atom stereocenters. The van der Waals surface area contributed by atoms with Gasteiger partial charge in [0.1, 0.15) is 5.75 Å². The summed E-state index contributed by atoms with van der Waals surface area (Å²) in [4.78, 5) is 13.0. The molecule has 1 aromatic carbocycles. The Morgan fingerprint density at radius 1 is 1.61 bits per heavy atom. The van der Waals surface area contributed by atoms with Gasteiger partial charge in [-0.1, -0.05) is 28.9 Å². The van der Waals surface area contributed by atoms with E-state index in [1.807, 2.05) is 0 Å². The topological polar surface area (TPSA) is 95.3 Å². The molecule has 0 heterocycles. The van der Waals surface area contributed by atoms with E-state index in [9.17, 15) is 4.79 Å².